The van der Waals surface area contributed by atoms with E-state index in [-0.39, 0.29) is 5.91 Å². The van der Waals surface area contributed by atoms with E-state index in [1.54, 1.807) is 18.2 Å². The van der Waals surface area contributed by atoms with Gasteiger partial charge in [-0.15, -0.1) is 0 Å². The monoisotopic (exact) mass is 445 g/mol. The molecule has 0 atom stereocenters. The molecule has 2 aromatic heterocycles. The van der Waals surface area contributed by atoms with Crippen LogP contribution < -0.4 is 14.8 Å². The van der Waals surface area contributed by atoms with Gasteiger partial charge in [0.25, 0.3) is 5.91 Å². The number of nitrogens with zero attached hydrogens (tertiary/aromatic N) is 2. The van der Waals surface area contributed by atoms with Gasteiger partial charge in [-0.2, -0.15) is 0 Å². The molecule has 0 spiro atoms. The molecule has 0 aliphatic carbocycles. The van der Waals surface area contributed by atoms with E-state index in [9.17, 15) is 4.79 Å². The van der Waals surface area contributed by atoms with Gasteiger partial charge in [-0.1, -0.05) is 6.92 Å². The number of rotatable bonds is 7. The Balaban J connectivity index is 1.98. The van der Waals surface area contributed by atoms with Crippen molar-refractivity contribution < 1.29 is 14.3 Å². The number of imidazole rings is 1. The van der Waals surface area contributed by atoms with E-state index in [4.69, 9.17) is 9.47 Å². The molecule has 28 heavy (non-hydrogen) atoms. The van der Waals surface area contributed by atoms with Crippen LogP contribution in [0.1, 0.15) is 42.5 Å². The molecule has 0 aliphatic rings. The average molecular weight is 446 g/mol. The molecule has 3 rings (SSSR count). The lowest BCUT2D eigenvalue weighted by atomic mass is 10.2. The molecule has 0 aliphatic heterocycles. The lowest BCUT2D eigenvalue weighted by molar-refractivity contribution is 0.102. The number of amides is 1. The second-order valence-electron chi connectivity index (χ2n) is 6.28. The minimum atomic E-state index is -0.214. The second kappa shape index (κ2) is 8.65. The number of benzene rings is 1. The van der Waals surface area contributed by atoms with Gasteiger partial charge in [-0.25, -0.2) is 4.98 Å². The summed E-state index contributed by atoms with van der Waals surface area (Å²) in [6, 6.07) is 7.38. The number of ether oxygens (including phenoxy) is 2. The lowest BCUT2D eigenvalue weighted by Crippen LogP contribution is -2.16. The molecule has 0 fully saturated rings. The molecule has 0 radical (unpaired) electrons. The minimum absolute atomic E-state index is 0.214. The molecule has 0 saturated heterocycles. The van der Waals surface area contributed by atoms with Gasteiger partial charge in [-0.3, -0.25) is 9.20 Å². The van der Waals surface area contributed by atoms with Crippen LogP contribution in [0.2, 0.25) is 0 Å². The van der Waals surface area contributed by atoms with Gasteiger partial charge in [0.05, 0.1) is 18.9 Å². The van der Waals surface area contributed by atoms with E-state index in [0.717, 1.165) is 21.4 Å². The summed E-state index contributed by atoms with van der Waals surface area (Å²) >= 11 is 3.50. The van der Waals surface area contributed by atoms with Gasteiger partial charge in [-0.05, 0) is 66.9 Å². The number of carbonyl (C=O) groups excluding carboxylic acids is 1. The Hall–Kier alpha value is -2.54. The summed E-state index contributed by atoms with van der Waals surface area (Å²) in [4.78, 5) is 17.8. The molecule has 1 N–H and O–H groups in total. The summed E-state index contributed by atoms with van der Waals surface area (Å²) < 4.78 is 14.0. The molecule has 7 heteroatoms. The molecule has 0 saturated carbocycles. The number of fused-ring (bicyclic) bond motifs is 1. The van der Waals surface area contributed by atoms with Gasteiger partial charge >= 0.3 is 0 Å². The Bertz CT molecular complexity index is 1010. The fourth-order valence-corrected chi connectivity index (χ4v) is 3.67. The Labute approximate surface area is 173 Å². The maximum Gasteiger partial charge on any atom is 0.274 e. The number of anilines is 1. The molecule has 0 bridgehead atoms. The largest absolute Gasteiger partial charge is 0.490 e. The fraction of sp³-hybridized carbons (Fsp3) is 0.333. The van der Waals surface area contributed by atoms with Gasteiger partial charge in [0, 0.05) is 22.4 Å². The van der Waals surface area contributed by atoms with Gasteiger partial charge in [0.1, 0.15) is 11.3 Å². The van der Waals surface area contributed by atoms with E-state index in [1.165, 1.54) is 0 Å². The average Bonchev–Trinajstić information content (AvgIpc) is 3.03. The van der Waals surface area contributed by atoms with Crippen LogP contribution in [0.25, 0.3) is 5.65 Å². The van der Waals surface area contributed by atoms with Crippen LogP contribution in [0, 0.1) is 6.92 Å². The van der Waals surface area contributed by atoms with E-state index in [2.05, 4.69) is 26.2 Å². The number of hydrogen-bond donors (Lipinski definition) is 1. The highest BCUT2D eigenvalue weighted by molar-refractivity contribution is 9.10. The van der Waals surface area contributed by atoms with Crippen molar-refractivity contribution in [3.63, 3.8) is 0 Å². The van der Waals surface area contributed by atoms with Gasteiger partial charge in [0.2, 0.25) is 0 Å². The molecule has 1 aromatic carbocycles. The van der Waals surface area contributed by atoms with Crippen molar-refractivity contribution in [2.75, 3.05) is 18.5 Å². The topological polar surface area (TPSA) is 64.9 Å². The number of aromatic nitrogens is 2. The van der Waals surface area contributed by atoms with E-state index in [0.29, 0.717) is 42.5 Å². The van der Waals surface area contributed by atoms with Crippen molar-refractivity contribution in [2.45, 2.75) is 34.1 Å². The van der Waals surface area contributed by atoms with Crippen LogP contribution in [0.5, 0.6) is 11.5 Å². The predicted molar refractivity (Wildman–Crippen MR) is 114 cm³/mol. The lowest BCUT2D eigenvalue weighted by Gasteiger charge is -2.13. The number of pyridine rings is 1. The number of aryl methyl sites for hydroxylation is 2. The molecule has 3 aromatic rings. The maximum absolute atomic E-state index is 13.1. The molecule has 148 valence electrons. The van der Waals surface area contributed by atoms with Crippen LogP contribution in [0.3, 0.4) is 0 Å². The van der Waals surface area contributed by atoms with Crippen LogP contribution in [0.4, 0.5) is 5.69 Å². The Kier molecular flexibility index (Phi) is 6.24. The third kappa shape index (κ3) is 3.99. The second-order valence-corrected chi connectivity index (χ2v) is 7.19. The summed E-state index contributed by atoms with van der Waals surface area (Å²) in [6.45, 7) is 8.86. The summed E-state index contributed by atoms with van der Waals surface area (Å²) in [5.74, 6) is 1.05. The highest BCUT2D eigenvalue weighted by atomic mass is 79.9. The summed E-state index contributed by atoms with van der Waals surface area (Å²) in [5.41, 5.74) is 3.72. The normalized spacial score (nSPS) is 10.9. The fourth-order valence-electron chi connectivity index (χ4n) is 3.12. The highest BCUT2D eigenvalue weighted by Crippen LogP contribution is 2.31. The predicted octanol–water partition coefficient (Wildman–Crippen LogP) is 5.02. The van der Waals surface area contributed by atoms with Crippen LogP contribution in [-0.4, -0.2) is 28.5 Å². The van der Waals surface area contributed by atoms with Gasteiger partial charge < -0.3 is 14.8 Å². The molecule has 6 nitrogen and oxygen atoms in total. The molecular weight excluding hydrogens is 422 g/mol. The Morgan fingerprint density at radius 3 is 2.54 bits per heavy atom. The zero-order valence-corrected chi connectivity index (χ0v) is 18.1. The SMILES string of the molecule is CCOc1ccc(NC(=O)c2c(CC)nc3c(C)cc(Br)cn23)cc1OCC. The third-order valence-electron chi connectivity index (χ3n) is 4.29. The van der Waals surface area contributed by atoms with Crippen LogP contribution in [0.15, 0.2) is 34.9 Å². The number of carbonyl (C=O) groups is 1. The van der Waals surface area contributed by atoms with E-state index in [1.807, 2.05) is 44.4 Å². The molecule has 0 unspecified atom stereocenters. The van der Waals surface area contributed by atoms with Crippen LogP contribution in [-0.2, 0) is 6.42 Å². The number of nitrogens with one attached hydrogen (secondary N) is 1. The van der Waals surface area contributed by atoms with Crippen molar-refractivity contribution in [1.29, 1.82) is 0 Å². The Morgan fingerprint density at radius 1 is 1.14 bits per heavy atom. The molecule has 1 amide bonds. The highest BCUT2D eigenvalue weighted by Gasteiger charge is 2.20. The maximum atomic E-state index is 13.1. The summed E-state index contributed by atoms with van der Waals surface area (Å²) in [5, 5.41) is 2.97. The van der Waals surface area contributed by atoms with E-state index >= 15 is 0 Å². The quantitative estimate of drug-likeness (QED) is 0.554. The number of halogens is 1. The standard InChI is InChI=1S/C21H24BrN3O3/c1-5-16-19(25-12-14(22)10-13(4)20(25)24-16)21(26)23-15-8-9-17(27-6-2)18(11-15)28-7-3/h8-12H,5-7H2,1-4H3,(H,23,26). The first-order valence-corrected chi connectivity index (χ1v) is 10.2. The first-order valence-electron chi connectivity index (χ1n) is 9.36. The molecular formula is C21H24BrN3O3. The van der Waals surface area contributed by atoms with Crippen molar-refractivity contribution in [3.05, 3.63) is 51.9 Å². The summed E-state index contributed by atoms with van der Waals surface area (Å²) in [7, 11) is 0. The van der Waals surface area contributed by atoms with Crippen molar-refractivity contribution >= 4 is 33.2 Å². The van der Waals surface area contributed by atoms with Gasteiger partial charge in [0.15, 0.2) is 11.5 Å². The number of hydrogen-bond acceptors (Lipinski definition) is 4. The third-order valence-corrected chi connectivity index (χ3v) is 4.73. The van der Waals surface area contributed by atoms with Crippen molar-refractivity contribution in [3.8, 4) is 11.5 Å². The smallest absolute Gasteiger partial charge is 0.274 e. The van der Waals surface area contributed by atoms with Crippen LogP contribution >= 0.6 is 15.9 Å². The zero-order valence-electron chi connectivity index (χ0n) is 16.5. The Morgan fingerprint density at radius 2 is 1.86 bits per heavy atom. The summed E-state index contributed by atoms with van der Waals surface area (Å²) in [6.07, 6.45) is 2.53. The first-order chi connectivity index (χ1) is 13.5. The molecule has 2 heterocycles. The zero-order chi connectivity index (χ0) is 20.3. The van der Waals surface area contributed by atoms with E-state index < -0.39 is 0 Å². The first kappa shape index (κ1) is 20.2. The minimum Gasteiger partial charge on any atom is -0.490 e. The van der Waals surface area contributed by atoms with Crippen molar-refractivity contribution in [1.82, 2.24) is 9.38 Å². The van der Waals surface area contributed by atoms with Crippen molar-refractivity contribution in [2.24, 2.45) is 0 Å².